The maximum absolute atomic E-state index is 12.1. The van der Waals surface area contributed by atoms with Crippen molar-refractivity contribution >= 4 is 23.3 Å². The Morgan fingerprint density at radius 3 is 2.68 bits per heavy atom. The summed E-state index contributed by atoms with van der Waals surface area (Å²) in [6.07, 6.45) is 6.97. The van der Waals surface area contributed by atoms with Crippen LogP contribution in [-0.2, 0) is 4.79 Å². The summed E-state index contributed by atoms with van der Waals surface area (Å²) in [7, 11) is 0. The Hall–Kier alpha value is -2.88. The minimum atomic E-state index is -0.150. The van der Waals surface area contributed by atoms with Crippen molar-refractivity contribution < 1.29 is 4.79 Å². The van der Waals surface area contributed by atoms with Gasteiger partial charge in [0.05, 0.1) is 5.69 Å². The number of fused-ring (bicyclic) bond motifs is 1. The van der Waals surface area contributed by atoms with E-state index in [4.69, 9.17) is 0 Å². The fourth-order valence-corrected chi connectivity index (χ4v) is 2.29. The largest absolute Gasteiger partial charge is 0.321 e. The van der Waals surface area contributed by atoms with Crippen LogP contribution < -0.4 is 5.32 Å². The van der Waals surface area contributed by atoms with E-state index in [-0.39, 0.29) is 5.91 Å². The molecule has 0 saturated heterocycles. The first-order valence-corrected chi connectivity index (χ1v) is 7.12. The normalized spacial score (nSPS) is 11.2. The number of pyridine rings is 1. The number of imidazole rings is 1. The number of hydrogen-bond acceptors (Lipinski definition) is 2. The van der Waals surface area contributed by atoms with Crippen molar-refractivity contribution in [1.29, 1.82) is 0 Å². The minimum absolute atomic E-state index is 0.150. The third-order valence-corrected chi connectivity index (χ3v) is 3.58. The molecule has 1 N–H and O–H groups in total. The van der Waals surface area contributed by atoms with Crippen LogP contribution >= 0.6 is 0 Å². The second-order valence-corrected chi connectivity index (χ2v) is 5.22. The number of aromatic nitrogens is 2. The molecule has 0 fully saturated rings. The molecule has 1 aromatic carbocycles. The molecule has 0 spiro atoms. The van der Waals surface area contributed by atoms with Crippen molar-refractivity contribution in [3.8, 4) is 0 Å². The highest BCUT2D eigenvalue weighted by Crippen LogP contribution is 2.16. The van der Waals surface area contributed by atoms with Gasteiger partial charge in [0, 0.05) is 24.2 Å². The Balaban J connectivity index is 1.75. The Kier molecular flexibility index (Phi) is 3.74. The van der Waals surface area contributed by atoms with E-state index in [0.29, 0.717) is 0 Å². The molecule has 0 unspecified atom stereocenters. The van der Waals surface area contributed by atoms with Crippen molar-refractivity contribution in [2.45, 2.75) is 13.8 Å². The lowest BCUT2D eigenvalue weighted by molar-refractivity contribution is -0.111. The molecule has 1 amide bonds. The van der Waals surface area contributed by atoms with E-state index < -0.39 is 0 Å². The van der Waals surface area contributed by atoms with Crippen LogP contribution in [0, 0.1) is 13.8 Å². The standard InChI is InChI=1S/C18H17N3O/c1-13-3-5-15(6-4-13)7-10-18(22)20-16-8-9-17-19-11-12-21(17)14(16)2/h3-12H,1-2H3,(H,20,22)/b10-7+. The summed E-state index contributed by atoms with van der Waals surface area (Å²) >= 11 is 0. The maximum atomic E-state index is 12.1. The second kappa shape index (κ2) is 5.85. The van der Waals surface area contributed by atoms with Crippen LogP contribution in [0.5, 0.6) is 0 Å². The molecule has 3 rings (SSSR count). The molecule has 0 radical (unpaired) electrons. The molecule has 2 heterocycles. The molecule has 3 aromatic rings. The lowest BCUT2D eigenvalue weighted by Crippen LogP contribution is -2.10. The van der Waals surface area contributed by atoms with E-state index in [2.05, 4.69) is 10.3 Å². The number of benzene rings is 1. The van der Waals surface area contributed by atoms with E-state index in [0.717, 1.165) is 22.6 Å². The third kappa shape index (κ3) is 2.91. The first-order chi connectivity index (χ1) is 10.6. The Morgan fingerprint density at radius 2 is 1.91 bits per heavy atom. The number of amides is 1. The fourth-order valence-electron chi connectivity index (χ4n) is 2.29. The van der Waals surface area contributed by atoms with Crippen molar-refractivity contribution in [3.63, 3.8) is 0 Å². The zero-order valence-electron chi connectivity index (χ0n) is 12.6. The molecule has 4 heteroatoms. The number of aryl methyl sites for hydroxylation is 2. The molecule has 4 nitrogen and oxygen atoms in total. The van der Waals surface area contributed by atoms with Gasteiger partial charge < -0.3 is 9.72 Å². The van der Waals surface area contributed by atoms with Crippen LogP contribution in [0.2, 0.25) is 0 Å². The van der Waals surface area contributed by atoms with E-state index in [1.807, 2.05) is 60.8 Å². The Bertz CT molecular complexity index is 844. The molecule has 22 heavy (non-hydrogen) atoms. The van der Waals surface area contributed by atoms with Crippen LogP contribution in [0.25, 0.3) is 11.7 Å². The van der Waals surface area contributed by atoms with Gasteiger partial charge in [-0.3, -0.25) is 4.79 Å². The van der Waals surface area contributed by atoms with E-state index in [1.165, 1.54) is 5.56 Å². The summed E-state index contributed by atoms with van der Waals surface area (Å²) in [5.41, 5.74) is 4.80. The fraction of sp³-hybridized carbons (Fsp3) is 0.111. The van der Waals surface area contributed by atoms with Crippen LogP contribution in [0.4, 0.5) is 5.69 Å². The first kappa shape index (κ1) is 14.1. The summed E-state index contributed by atoms with van der Waals surface area (Å²) in [6.45, 7) is 3.99. The smallest absolute Gasteiger partial charge is 0.248 e. The maximum Gasteiger partial charge on any atom is 0.248 e. The predicted octanol–water partition coefficient (Wildman–Crippen LogP) is 3.60. The first-order valence-electron chi connectivity index (χ1n) is 7.12. The quantitative estimate of drug-likeness (QED) is 0.749. The number of carbonyl (C=O) groups excluding carboxylic acids is 1. The van der Waals surface area contributed by atoms with Gasteiger partial charge in [-0.25, -0.2) is 4.98 Å². The highest BCUT2D eigenvalue weighted by molar-refractivity contribution is 6.02. The number of carbonyl (C=O) groups is 1. The Morgan fingerprint density at radius 1 is 1.14 bits per heavy atom. The third-order valence-electron chi connectivity index (χ3n) is 3.58. The van der Waals surface area contributed by atoms with Crippen molar-refractivity contribution in [2.24, 2.45) is 0 Å². The van der Waals surface area contributed by atoms with Crippen LogP contribution in [0.1, 0.15) is 16.8 Å². The van der Waals surface area contributed by atoms with Gasteiger partial charge in [0.15, 0.2) is 0 Å². The molecule has 0 saturated carbocycles. The summed E-state index contributed by atoms with van der Waals surface area (Å²) in [5, 5.41) is 2.90. The molecule has 0 atom stereocenters. The molecule has 110 valence electrons. The van der Waals surface area contributed by atoms with E-state index >= 15 is 0 Å². The van der Waals surface area contributed by atoms with Gasteiger partial charge >= 0.3 is 0 Å². The van der Waals surface area contributed by atoms with Gasteiger partial charge in [-0.2, -0.15) is 0 Å². The highest BCUT2D eigenvalue weighted by Gasteiger charge is 2.05. The van der Waals surface area contributed by atoms with Gasteiger partial charge in [0.1, 0.15) is 5.65 Å². The summed E-state index contributed by atoms with van der Waals surface area (Å²) in [6, 6.07) is 11.8. The molecular weight excluding hydrogens is 274 g/mol. The van der Waals surface area contributed by atoms with Crippen LogP contribution in [0.15, 0.2) is 54.9 Å². The van der Waals surface area contributed by atoms with Crippen molar-refractivity contribution in [1.82, 2.24) is 9.38 Å². The van der Waals surface area contributed by atoms with E-state index in [1.54, 1.807) is 18.3 Å². The SMILES string of the molecule is Cc1ccc(/C=C/C(=O)Nc2ccc3nccn3c2C)cc1. The zero-order valence-corrected chi connectivity index (χ0v) is 12.6. The van der Waals surface area contributed by atoms with Crippen molar-refractivity contribution in [2.75, 3.05) is 5.32 Å². The average Bonchev–Trinajstić information content (AvgIpc) is 2.99. The van der Waals surface area contributed by atoms with Gasteiger partial charge in [0.25, 0.3) is 0 Å². The molecule has 2 aromatic heterocycles. The zero-order chi connectivity index (χ0) is 15.5. The molecule has 0 bridgehead atoms. The number of rotatable bonds is 3. The van der Waals surface area contributed by atoms with Gasteiger partial charge in [-0.05, 0) is 37.6 Å². The number of hydrogen-bond donors (Lipinski definition) is 1. The summed E-state index contributed by atoms with van der Waals surface area (Å²) in [5.74, 6) is -0.150. The highest BCUT2D eigenvalue weighted by atomic mass is 16.1. The van der Waals surface area contributed by atoms with Crippen molar-refractivity contribution in [3.05, 3.63) is 71.7 Å². The van der Waals surface area contributed by atoms with E-state index in [9.17, 15) is 4.79 Å². The predicted molar refractivity (Wildman–Crippen MR) is 88.8 cm³/mol. The number of nitrogens with one attached hydrogen (secondary N) is 1. The lowest BCUT2D eigenvalue weighted by Gasteiger charge is -2.08. The molecule has 0 aliphatic heterocycles. The molecule has 0 aliphatic rings. The average molecular weight is 291 g/mol. The summed E-state index contributed by atoms with van der Waals surface area (Å²) in [4.78, 5) is 16.3. The monoisotopic (exact) mass is 291 g/mol. The van der Waals surface area contributed by atoms with Gasteiger partial charge in [0.2, 0.25) is 5.91 Å². The molecule has 0 aliphatic carbocycles. The number of anilines is 1. The number of nitrogens with zero attached hydrogens (tertiary/aromatic N) is 2. The second-order valence-electron chi connectivity index (χ2n) is 5.22. The topological polar surface area (TPSA) is 46.4 Å². The van der Waals surface area contributed by atoms with Crippen LogP contribution in [0.3, 0.4) is 0 Å². The summed E-state index contributed by atoms with van der Waals surface area (Å²) < 4.78 is 1.94. The minimum Gasteiger partial charge on any atom is -0.321 e. The molecular formula is C18H17N3O. The lowest BCUT2D eigenvalue weighted by atomic mass is 10.1. The Labute approximate surface area is 129 Å². The van der Waals surface area contributed by atoms with Gasteiger partial charge in [-0.1, -0.05) is 29.8 Å². The van der Waals surface area contributed by atoms with Crippen LogP contribution in [-0.4, -0.2) is 15.3 Å². The van der Waals surface area contributed by atoms with Gasteiger partial charge in [-0.15, -0.1) is 0 Å².